The number of piperidine rings is 2. The van der Waals surface area contributed by atoms with Crippen LogP contribution in [0, 0.1) is 11.8 Å². The Morgan fingerprint density at radius 2 is 1.56 bits per heavy atom. The second-order valence-electron chi connectivity index (χ2n) is 11.4. The van der Waals surface area contributed by atoms with E-state index >= 15 is 0 Å². The van der Waals surface area contributed by atoms with Gasteiger partial charge in [0.15, 0.2) is 0 Å². The summed E-state index contributed by atoms with van der Waals surface area (Å²) in [5, 5.41) is 0. The smallest absolute Gasteiger partial charge is 0.118 e. The lowest BCUT2D eigenvalue weighted by atomic mass is 9.90. The van der Waals surface area contributed by atoms with Crippen molar-refractivity contribution in [1.82, 2.24) is 9.80 Å². The summed E-state index contributed by atoms with van der Waals surface area (Å²) in [5.74, 6) is 1.52. The molecule has 2 aliphatic heterocycles. The van der Waals surface area contributed by atoms with Crippen LogP contribution >= 0.6 is 0 Å². The number of nitrogens with zero attached hydrogens (tertiary/aromatic N) is 2. The maximum atomic E-state index is 13.9. The first kappa shape index (κ1) is 25.0. The Morgan fingerprint density at radius 3 is 2.15 bits per heavy atom. The Morgan fingerprint density at radius 1 is 0.941 bits per heavy atom. The molecule has 2 nitrogen and oxygen atoms in total. The molecule has 0 bridgehead atoms. The zero-order valence-electron chi connectivity index (χ0n) is 21.5. The van der Waals surface area contributed by atoms with Gasteiger partial charge >= 0.3 is 0 Å². The topological polar surface area (TPSA) is 6.48 Å². The van der Waals surface area contributed by atoms with Gasteiger partial charge in [0.1, 0.15) is 5.67 Å². The van der Waals surface area contributed by atoms with Gasteiger partial charge in [0.05, 0.1) is 0 Å². The van der Waals surface area contributed by atoms with Gasteiger partial charge < -0.3 is 9.80 Å². The molecule has 0 N–H and O–H groups in total. The minimum Gasteiger partial charge on any atom is -0.371 e. The van der Waals surface area contributed by atoms with Gasteiger partial charge in [-0.15, -0.1) is 0 Å². The van der Waals surface area contributed by atoms with Crippen molar-refractivity contribution in [3.05, 3.63) is 66.2 Å². The van der Waals surface area contributed by atoms with E-state index < -0.39 is 5.67 Å². The molecule has 2 heterocycles. The second kappa shape index (κ2) is 11.1. The fraction of sp³-hybridized carbons (Fsp3) is 0.548. The first-order valence-electron chi connectivity index (χ1n) is 13.3. The van der Waals surface area contributed by atoms with Gasteiger partial charge in [-0.3, -0.25) is 0 Å². The predicted molar refractivity (Wildman–Crippen MR) is 144 cm³/mol. The van der Waals surface area contributed by atoms with Crippen LogP contribution in [0.5, 0.6) is 0 Å². The largest absolute Gasteiger partial charge is 0.371 e. The fourth-order valence-electron chi connectivity index (χ4n) is 5.67. The van der Waals surface area contributed by atoms with Gasteiger partial charge in [-0.25, -0.2) is 4.39 Å². The molecule has 2 fully saturated rings. The van der Waals surface area contributed by atoms with Gasteiger partial charge in [0.25, 0.3) is 0 Å². The lowest BCUT2D eigenvalue weighted by Crippen LogP contribution is -2.41. The normalized spacial score (nSPS) is 20.5. The Hall–Kier alpha value is -2.13. The molecule has 0 radical (unpaired) electrons. The van der Waals surface area contributed by atoms with Crippen LogP contribution in [0.2, 0.25) is 0 Å². The van der Waals surface area contributed by atoms with Crippen molar-refractivity contribution >= 4 is 5.70 Å². The number of aryl methyl sites for hydroxylation is 1. The van der Waals surface area contributed by atoms with Crippen molar-refractivity contribution in [3.63, 3.8) is 0 Å². The molecule has 0 aromatic heterocycles. The summed E-state index contributed by atoms with van der Waals surface area (Å²) in [5.41, 5.74) is 5.26. The van der Waals surface area contributed by atoms with E-state index in [1.165, 1.54) is 54.4 Å². The summed E-state index contributed by atoms with van der Waals surface area (Å²) in [6.07, 6.45) is 7.35. The molecule has 1 atom stereocenters. The SMILES string of the molecule is C=C(c1ccc(-c2ccc(CCC3CCN(CC(C)(C)F)CC3)cc2)cc1)N1CCCC(C)C1. The maximum absolute atomic E-state index is 13.9. The highest BCUT2D eigenvalue weighted by Crippen LogP contribution is 2.28. The molecular formula is C31H43FN2. The molecule has 0 aliphatic carbocycles. The van der Waals surface area contributed by atoms with Crippen molar-refractivity contribution in [1.29, 1.82) is 0 Å². The van der Waals surface area contributed by atoms with Crippen LogP contribution in [0.15, 0.2) is 55.1 Å². The highest BCUT2D eigenvalue weighted by atomic mass is 19.1. The van der Waals surface area contributed by atoms with Crippen LogP contribution < -0.4 is 0 Å². The third-order valence-electron chi connectivity index (χ3n) is 7.69. The van der Waals surface area contributed by atoms with E-state index in [0.29, 0.717) is 6.54 Å². The van der Waals surface area contributed by atoms with Gasteiger partial charge in [0.2, 0.25) is 0 Å². The minimum absolute atomic E-state index is 0.563. The summed E-state index contributed by atoms with van der Waals surface area (Å²) >= 11 is 0. The number of benzene rings is 2. The molecule has 184 valence electrons. The van der Waals surface area contributed by atoms with Crippen molar-refractivity contribution in [3.8, 4) is 11.1 Å². The zero-order chi connectivity index (χ0) is 24.1. The second-order valence-corrected chi connectivity index (χ2v) is 11.4. The maximum Gasteiger partial charge on any atom is 0.118 e. The molecule has 2 aromatic rings. The van der Waals surface area contributed by atoms with Crippen molar-refractivity contribution in [2.45, 2.75) is 65.0 Å². The van der Waals surface area contributed by atoms with Crippen LogP contribution in [0.25, 0.3) is 16.8 Å². The molecule has 2 saturated heterocycles. The van der Waals surface area contributed by atoms with E-state index in [-0.39, 0.29) is 0 Å². The first-order chi connectivity index (χ1) is 16.3. The molecule has 0 amide bonds. The van der Waals surface area contributed by atoms with E-state index in [2.05, 4.69) is 71.8 Å². The Labute approximate surface area is 206 Å². The summed E-state index contributed by atoms with van der Waals surface area (Å²) < 4.78 is 13.9. The molecular weight excluding hydrogens is 419 g/mol. The average Bonchev–Trinajstić information content (AvgIpc) is 2.83. The van der Waals surface area contributed by atoms with Crippen molar-refractivity contribution < 1.29 is 4.39 Å². The zero-order valence-corrected chi connectivity index (χ0v) is 21.5. The van der Waals surface area contributed by atoms with Crippen LogP contribution in [-0.4, -0.2) is 48.2 Å². The number of likely N-dealkylation sites (tertiary alicyclic amines) is 2. The van der Waals surface area contributed by atoms with E-state index in [4.69, 9.17) is 0 Å². The Bertz CT molecular complexity index is 917. The van der Waals surface area contributed by atoms with Gasteiger partial charge in [-0.1, -0.05) is 62.0 Å². The summed E-state index contributed by atoms with van der Waals surface area (Å²) in [7, 11) is 0. The lowest BCUT2D eigenvalue weighted by Gasteiger charge is -2.34. The van der Waals surface area contributed by atoms with E-state index in [1.807, 2.05) is 0 Å². The van der Waals surface area contributed by atoms with E-state index in [0.717, 1.165) is 50.1 Å². The third kappa shape index (κ3) is 6.95. The Kier molecular flexibility index (Phi) is 8.14. The number of rotatable bonds is 8. The van der Waals surface area contributed by atoms with Crippen LogP contribution in [0.3, 0.4) is 0 Å². The van der Waals surface area contributed by atoms with Crippen LogP contribution in [0.1, 0.15) is 64.0 Å². The first-order valence-corrected chi connectivity index (χ1v) is 13.3. The highest BCUT2D eigenvalue weighted by Gasteiger charge is 2.25. The Balaban J connectivity index is 1.26. The quantitative estimate of drug-likeness (QED) is 0.402. The number of hydrogen-bond acceptors (Lipinski definition) is 2. The predicted octanol–water partition coefficient (Wildman–Crippen LogP) is 7.45. The van der Waals surface area contributed by atoms with E-state index in [9.17, 15) is 4.39 Å². The minimum atomic E-state index is -1.09. The molecule has 0 spiro atoms. The monoisotopic (exact) mass is 462 g/mol. The number of alkyl halides is 1. The molecule has 3 heteroatoms. The summed E-state index contributed by atoms with van der Waals surface area (Å²) in [6, 6.07) is 18.0. The van der Waals surface area contributed by atoms with Crippen molar-refractivity contribution in [2.75, 3.05) is 32.7 Å². The van der Waals surface area contributed by atoms with E-state index in [1.54, 1.807) is 13.8 Å². The van der Waals surface area contributed by atoms with Gasteiger partial charge in [-0.2, -0.15) is 0 Å². The van der Waals surface area contributed by atoms with Gasteiger partial charge in [-0.05, 0) is 99.6 Å². The average molecular weight is 463 g/mol. The third-order valence-corrected chi connectivity index (χ3v) is 7.69. The molecule has 4 rings (SSSR count). The van der Waals surface area contributed by atoms with Crippen LogP contribution in [0.4, 0.5) is 4.39 Å². The molecule has 2 aromatic carbocycles. The molecule has 1 unspecified atom stereocenters. The number of hydrogen-bond donors (Lipinski definition) is 0. The lowest BCUT2D eigenvalue weighted by molar-refractivity contribution is 0.0943. The fourth-order valence-corrected chi connectivity index (χ4v) is 5.67. The summed E-state index contributed by atoms with van der Waals surface area (Å²) in [4.78, 5) is 4.74. The molecule has 34 heavy (non-hydrogen) atoms. The standard InChI is InChI=1S/C31H43FN2/c1-24-6-5-19-34(22-24)25(2)28-13-15-30(16-14-28)29-11-9-26(10-12-29)7-8-27-17-20-33(21-18-27)23-31(3,4)32/h9-16,24,27H,2,5-8,17-23H2,1,3-4H3. The molecule has 2 aliphatic rings. The van der Waals surface area contributed by atoms with Crippen LogP contribution in [-0.2, 0) is 6.42 Å². The number of halogens is 1. The highest BCUT2D eigenvalue weighted by molar-refractivity contribution is 5.69. The van der Waals surface area contributed by atoms with Crippen molar-refractivity contribution in [2.24, 2.45) is 11.8 Å². The molecule has 0 saturated carbocycles. The van der Waals surface area contributed by atoms with Gasteiger partial charge in [0, 0.05) is 25.3 Å². The summed E-state index contributed by atoms with van der Waals surface area (Å²) in [6.45, 7) is 15.0.